The molecule has 2 aromatic carbocycles. The van der Waals surface area contributed by atoms with Crippen LogP contribution in [0.5, 0.6) is 0 Å². The molecule has 1 unspecified atom stereocenters. The van der Waals surface area contributed by atoms with Gasteiger partial charge >= 0.3 is 0 Å². The number of nitrogens with zero attached hydrogens (tertiary/aromatic N) is 1. The lowest BCUT2D eigenvalue weighted by Crippen LogP contribution is -2.34. The van der Waals surface area contributed by atoms with Gasteiger partial charge in [0.05, 0.1) is 16.8 Å². The van der Waals surface area contributed by atoms with Crippen LogP contribution in [0.2, 0.25) is 10.0 Å². The highest BCUT2D eigenvalue weighted by Gasteiger charge is 2.19. The Morgan fingerprint density at radius 2 is 2.07 bits per heavy atom. The van der Waals surface area contributed by atoms with Crippen molar-refractivity contribution in [2.75, 3.05) is 13.2 Å². The fraction of sp³-hybridized carbons (Fsp3) is 0.238. The Morgan fingerprint density at radius 3 is 2.83 bits per heavy atom. The third-order valence-electron chi connectivity index (χ3n) is 4.60. The maximum atomic E-state index is 13.4. The lowest BCUT2D eigenvalue weighted by atomic mass is 10.1. The van der Waals surface area contributed by atoms with Crippen LogP contribution in [0.15, 0.2) is 51.9 Å². The Balaban J connectivity index is 1.78. The number of nitrogens with one attached hydrogen (secondary N) is 1. The van der Waals surface area contributed by atoms with Crippen LogP contribution in [0.4, 0.5) is 10.1 Å². The van der Waals surface area contributed by atoms with E-state index < -0.39 is 5.82 Å². The van der Waals surface area contributed by atoms with E-state index in [0.717, 1.165) is 18.9 Å². The van der Waals surface area contributed by atoms with Crippen molar-refractivity contribution in [3.05, 3.63) is 69.4 Å². The summed E-state index contributed by atoms with van der Waals surface area (Å²) in [5.41, 5.74) is 1.08. The molecule has 1 atom stereocenters. The van der Waals surface area contributed by atoms with Gasteiger partial charge in [-0.1, -0.05) is 23.2 Å². The van der Waals surface area contributed by atoms with Crippen molar-refractivity contribution < 1.29 is 18.3 Å². The molecule has 1 aliphatic rings. The first kappa shape index (κ1) is 19.9. The van der Waals surface area contributed by atoms with Crippen molar-refractivity contribution in [3.63, 3.8) is 0 Å². The van der Waals surface area contributed by atoms with Gasteiger partial charge in [-0.05, 0) is 55.3 Å². The van der Waals surface area contributed by atoms with E-state index >= 15 is 0 Å². The predicted molar refractivity (Wildman–Crippen MR) is 109 cm³/mol. The molecule has 1 fully saturated rings. The number of ether oxygens (including phenoxy) is 1. The number of hydrogen-bond acceptors (Lipinski definition) is 4. The lowest BCUT2D eigenvalue weighted by Gasteiger charge is -2.11. The lowest BCUT2D eigenvalue weighted by molar-refractivity contribution is 0.0854. The minimum atomic E-state index is -0.478. The summed E-state index contributed by atoms with van der Waals surface area (Å²) in [4.78, 5) is 17.2. The van der Waals surface area contributed by atoms with Crippen molar-refractivity contribution in [3.8, 4) is 0 Å². The molecule has 2 heterocycles. The largest absolute Gasteiger partial charge is 0.438 e. The number of carbonyl (C=O) groups excluding carboxylic acids is 1. The quantitative estimate of drug-likeness (QED) is 0.626. The minimum Gasteiger partial charge on any atom is -0.438 e. The maximum absolute atomic E-state index is 13.4. The Labute approximate surface area is 176 Å². The Hall–Kier alpha value is -2.41. The molecule has 0 aliphatic carbocycles. The molecule has 150 valence electrons. The number of halogens is 3. The molecular formula is C21H17Cl2FN2O3. The molecule has 1 aromatic heterocycles. The van der Waals surface area contributed by atoms with Gasteiger partial charge in [-0.3, -0.25) is 4.79 Å². The highest BCUT2D eigenvalue weighted by Crippen LogP contribution is 2.25. The van der Waals surface area contributed by atoms with Crippen molar-refractivity contribution in [1.29, 1.82) is 0 Å². The Bertz CT molecular complexity index is 1140. The molecule has 8 heteroatoms. The first-order valence-electron chi connectivity index (χ1n) is 9.12. The second-order valence-corrected chi connectivity index (χ2v) is 7.54. The second kappa shape index (κ2) is 8.53. The van der Waals surface area contributed by atoms with Gasteiger partial charge in [-0.25, -0.2) is 9.38 Å². The summed E-state index contributed by atoms with van der Waals surface area (Å²) >= 11 is 12.2. The van der Waals surface area contributed by atoms with Gasteiger partial charge in [0, 0.05) is 23.6 Å². The standard InChI is InChI=1S/C21H17Cl2FN2O3/c22-13-3-6-19-12(8-13)9-16(20(27)25-11-15-2-1-7-28-15)21(29-19)26-18-5-4-14(24)10-17(18)23/h3-6,8-10,15H,1-2,7,11H2,(H,25,27). The molecule has 3 aromatic rings. The number of hydrogen-bond donors (Lipinski definition) is 1. The van der Waals surface area contributed by atoms with Crippen LogP contribution in [0.3, 0.4) is 0 Å². The molecule has 1 amide bonds. The van der Waals surface area contributed by atoms with Crippen molar-refractivity contribution >= 4 is 45.8 Å². The highest BCUT2D eigenvalue weighted by atomic mass is 35.5. The molecule has 0 spiro atoms. The van der Waals surface area contributed by atoms with E-state index in [-0.39, 0.29) is 28.2 Å². The summed E-state index contributed by atoms with van der Waals surface area (Å²) in [5.74, 6) is -0.836. The number of amides is 1. The summed E-state index contributed by atoms with van der Waals surface area (Å²) in [5, 5.41) is 4.15. The zero-order valence-corrected chi connectivity index (χ0v) is 16.8. The number of rotatable bonds is 4. The van der Waals surface area contributed by atoms with Crippen LogP contribution in [0.1, 0.15) is 23.2 Å². The fourth-order valence-corrected chi connectivity index (χ4v) is 3.53. The van der Waals surface area contributed by atoms with Gasteiger partial charge < -0.3 is 14.5 Å². The van der Waals surface area contributed by atoms with E-state index in [2.05, 4.69) is 10.3 Å². The average Bonchev–Trinajstić information content (AvgIpc) is 3.21. The van der Waals surface area contributed by atoms with E-state index in [9.17, 15) is 9.18 Å². The zero-order valence-electron chi connectivity index (χ0n) is 15.3. The van der Waals surface area contributed by atoms with Gasteiger partial charge in [0.15, 0.2) is 0 Å². The second-order valence-electron chi connectivity index (χ2n) is 6.70. The number of benzene rings is 2. The van der Waals surface area contributed by atoms with Gasteiger partial charge in [0.1, 0.15) is 17.0 Å². The minimum absolute atomic E-state index is 0.00211. The molecule has 1 saturated heterocycles. The summed E-state index contributed by atoms with van der Waals surface area (Å²) in [6, 6.07) is 10.5. The van der Waals surface area contributed by atoms with Crippen LogP contribution in [0.25, 0.3) is 11.0 Å². The van der Waals surface area contributed by atoms with Gasteiger partial charge in [0.25, 0.3) is 5.91 Å². The molecule has 1 aliphatic heterocycles. The van der Waals surface area contributed by atoms with Crippen molar-refractivity contribution in [1.82, 2.24) is 5.32 Å². The molecule has 29 heavy (non-hydrogen) atoms. The van der Waals surface area contributed by atoms with E-state index in [1.165, 1.54) is 12.1 Å². The zero-order chi connectivity index (χ0) is 20.4. The molecule has 4 rings (SSSR count). The fourth-order valence-electron chi connectivity index (χ4n) is 3.14. The van der Waals surface area contributed by atoms with Gasteiger partial charge in [-0.15, -0.1) is 0 Å². The smallest absolute Gasteiger partial charge is 0.256 e. The number of carbonyl (C=O) groups is 1. The van der Waals surface area contributed by atoms with Crippen LogP contribution in [-0.2, 0) is 4.74 Å². The predicted octanol–water partition coefficient (Wildman–Crippen LogP) is 5.02. The first-order valence-corrected chi connectivity index (χ1v) is 9.88. The molecule has 0 radical (unpaired) electrons. The monoisotopic (exact) mass is 434 g/mol. The molecule has 5 nitrogen and oxygen atoms in total. The maximum Gasteiger partial charge on any atom is 0.256 e. The van der Waals surface area contributed by atoms with E-state index in [4.69, 9.17) is 32.4 Å². The average molecular weight is 435 g/mol. The highest BCUT2D eigenvalue weighted by molar-refractivity contribution is 6.33. The summed E-state index contributed by atoms with van der Waals surface area (Å²) in [7, 11) is 0. The molecule has 1 N–H and O–H groups in total. The Morgan fingerprint density at radius 1 is 1.21 bits per heavy atom. The van der Waals surface area contributed by atoms with Crippen LogP contribution in [0, 0.1) is 5.82 Å². The Kier molecular flexibility index (Phi) is 5.85. The normalized spacial score (nSPS) is 17.1. The SMILES string of the molecule is O=C(NCC1CCCO1)c1cc2cc(Cl)ccc2oc1=Nc1ccc(F)cc1Cl. The van der Waals surface area contributed by atoms with Gasteiger partial charge in [0.2, 0.25) is 5.55 Å². The molecule has 0 saturated carbocycles. The topological polar surface area (TPSA) is 63.8 Å². The third-order valence-corrected chi connectivity index (χ3v) is 5.14. The number of fused-ring (bicyclic) bond motifs is 1. The van der Waals surface area contributed by atoms with E-state index in [1.54, 1.807) is 24.3 Å². The summed E-state index contributed by atoms with van der Waals surface area (Å²) < 4.78 is 24.8. The van der Waals surface area contributed by atoms with Crippen LogP contribution in [-0.4, -0.2) is 25.2 Å². The van der Waals surface area contributed by atoms with Gasteiger partial charge in [-0.2, -0.15) is 0 Å². The first-order chi connectivity index (χ1) is 14.0. The van der Waals surface area contributed by atoms with Crippen LogP contribution >= 0.6 is 23.2 Å². The van der Waals surface area contributed by atoms with E-state index in [1.807, 2.05) is 0 Å². The molecule has 0 bridgehead atoms. The summed E-state index contributed by atoms with van der Waals surface area (Å²) in [6.45, 7) is 1.09. The van der Waals surface area contributed by atoms with E-state index in [0.29, 0.717) is 34.8 Å². The van der Waals surface area contributed by atoms with Crippen molar-refractivity contribution in [2.45, 2.75) is 18.9 Å². The third kappa shape index (κ3) is 4.61. The molecular weight excluding hydrogens is 418 g/mol. The van der Waals surface area contributed by atoms with Crippen LogP contribution < -0.4 is 10.9 Å². The van der Waals surface area contributed by atoms with Crippen molar-refractivity contribution in [2.24, 2.45) is 4.99 Å². The summed E-state index contributed by atoms with van der Waals surface area (Å²) in [6.07, 6.45) is 1.88.